The maximum absolute atomic E-state index is 12.9. The fraction of sp³-hybridized carbons (Fsp3) is 0.455. The van der Waals surface area contributed by atoms with Crippen molar-refractivity contribution in [2.75, 3.05) is 19.7 Å². The zero-order valence-electron chi connectivity index (χ0n) is 16.1. The van der Waals surface area contributed by atoms with Crippen molar-refractivity contribution in [2.45, 2.75) is 45.1 Å². The van der Waals surface area contributed by atoms with E-state index >= 15 is 0 Å². The van der Waals surface area contributed by atoms with Gasteiger partial charge in [0.15, 0.2) is 0 Å². The number of carbonyl (C=O) groups excluding carboxylic acids is 1. The monoisotopic (exact) mass is 365 g/mol. The second kappa shape index (κ2) is 7.31. The average Bonchev–Trinajstić information content (AvgIpc) is 3.18. The lowest BCUT2D eigenvalue weighted by molar-refractivity contribution is -0.0522. The van der Waals surface area contributed by atoms with Crippen molar-refractivity contribution < 1.29 is 9.53 Å². The summed E-state index contributed by atoms with van der Waals surface area (Å²) in [5.41, 5.74) is 4.91. The summed E-state index contributed by atoms with van der Waals surface area (Å²) in [6, 6.07) is 10.2. The van der Waals surface area contributed by atoms with Crippen LogP contribution in [0.25, 0.3) is 11.3 Å². The van der Waals surface area contributed by atoms with Crippen molar-refractivity contribution in [2.24, 2.45) is 0 Å². The molecule has 1 amide bonds. The summed E-state index contributed by atoms with van der Waals surface area (Å²) >= 11 is 0. The van der Waals surface area contributed by atoms with Crippen molar-refractivity contribution in [1.82, 2.24) is 15.1 Å². The van der Waals surface area contributed by atoms with Crippen molar-refractivity contribution in [3.8, 4) is 11.3 Å². The first kappa shape index (κ1) is 18.0. The summed E-state index contributed by atoms with van der Waals surface area (Å²) in [7, 11) is 0. The van der Waals surface area contributed by atoms with Gasteiger partial charge in [-0.05, 0) is 44.2 Å². The molecular weight excluding hydrogens is 338 g/mol. The molecule has 5 heteroatoms. The molecule has 3 heterocycles. The second-order valence-electron chi connectivity index (χ2n) is 7.66. The molecular formula is C22H27N3O2. The standard InChI is InChI=1S/C22H27N3O2/c1-3-17-4-6-18(7-5-17)19-14-20(24-23-19)21(26)25-11-9-22(10-12-25)15-16(2)8-13-27-22/h4-7,14-15H,3,8-13H2,1-2H3,(H,23,24). The SMILES string of the molecule is CCc1ccc(-c2cc(C(=O)N3CCC4(C=C(C)CCO4)CC3)[nH]n2)cc1. The molecule has 1 spiro atoms. The molecule has 1 saturated heterocycles. The molecule has 2 aromatic rings. The molecule has 0 unspecified atom stereocenters. The molecule has 2 aliphatic rings. The topological polar surface area (TPSA) is 58.2 Å². The predicted molar refractivity (Wildman–Crippen MR) is 106 cm³/mol. The summed E-state index contributed by atoms with van der Waals surface area (Å²) in [5, 5.41) is 7.27. The number of hydrogen-bond acceptors (Lipinski definition) is 3. The Hall–Kier alpha value is -2.40. The third kappa shape index (κ3) is 3.69. The van der Waals surface area contributed by atoms with Gasteiger partial charge in [-0.3, -0.25) is 9.89 Å². The molecule has 1 N–H and O–H groups in total. The van der Waals surface area contributed by atoms with Crippen molar-refractivity contribution >= 4 is 5.91 Å². The van der Waals surface area contributed by atoms with Crippen LogP contribution < -0.4 is 0 Å². The Morgan fingerprint density at radius 2 is 2.00 bits per heavy atom. The molecule has 4 rings (SSSR count). The predicted octanol–water partition coefficient (Wildman–Crippen LogP) is 3.98. The Morgan fingerprint density at radius 3 is 2.67 bits per heavy atom. The van der Waals surface area contributed by atoms with Gasteiger partial charge in [-0.15, -0.1) is 0 Å². The number of rotatable bonds is 3. The van der Waals surface area contributed by atoms with Gasteiger partial charge in [0.1, 0.15) is 5.69 Å². The molecule has 27 heavy (non-hydrogen) atoms. The van der Waals surface area contributed by atoms with Gasteiger partial charge in [0.2, 0.25) is 0 Å². The number of nitrogens with one attached hydrogen (secondary N) is 1. The van der Waals surface area contributed by atoms with Gasteiger partial charge in [0.05, 0.1) is 17.9 Å². The number of nitrogens with zero attached hydrogens (tertiary/aromatic N) is 2. The van der Waals surface area contributed by atoms with Gasteiger partial charge >= 0.3 is 0 Å². The molecule has 5 nitrogen and oxygen atoms in total. The summed E-state index contributed by atoms with van der Waals surface area (Å²) in [6.07, 6.45) is 6.01. The van der Waals surface area contributed by atoms with E-state index < -0.39 is 0 Å². The Morgan fingerprint density at radius 1 is 1.26 bits per heavy atom. The van der Waals surface area contributed by atoms with E-state index in [1.165, 1.54) is 11.1 Å². The minimum Gasteiger partial charge on any atom is -0.370 e. The third-order valence-corrected chi connectivity index (χ3v) is 5.76. The van der Waals surface area contributed by atoms with Crippen molar-refractivity contribution in [3.05, 3.63) is 53.2 Å². The maximum atomic E-state index is 12.9. The summed E-state index contributed by atoms with van der Waals surface area (Å²) in [6.45, 7) is 6.51. The van der Waals surface area contributed by atoms with Gasteiger partial charge in [-0.2, -0.15) is 5.10 Å². The largest absolute Gasteiger partial charge is 0.370 e. The van der Waals surface area contributed by atoms with Crippen LogP contribution in [-0.2, 0) is 11.2 Å². The number of piperidine rings is 1. The molecule has 0 aliphatic carbocycles. The van der Waals surface area contributed by atoms with Gasteiger partial charge in [0.25, 0.3) is 5.91 Å². The smallest absolute Gasteiger partial charge is 0.271 e. The van der Waals surface area contributed by atoms with E-state index in [2.05, 4.69) is 54.4 Å². The minimum atomic E-state index is -0.167. The van der Waals surface area contributed by atoms with E-state index in [0.717, 1.165) is 43.5 Å². The van der Waals surface area contributed by atoms with Gasteiger partial charge in [-0.25, -0.2) is 0 Å². The van der Waals surface area contributed by atoms with Crippen LogP contribution in [0, 0.1) is 0 Å². The zero-order chi connectivity index (χ0) is 18.9. The number of aryl methyl sites for hydroxylation is 1. The number of aromatic amines is 1. The molecule has 0 bridgehead atoms. The van der Waals surface area contributed by atoms with E-state index in [9.17, 15) is 4.79 Å². The first-order valence-corrected chi connectivity index (χ1v) is 9.85. The van der Waals surface area contributed by atoms with Gasteiger partial charge < -0.3 is 9.64 Å². The molecule has 0 radical (unpaired) electrons. The average molecular weight is 365 g/mol. The van der Waals surface area contributed by atoms with Crippen LogP contribution in [0.1, 0.15) is 49.2 Å². The molecule has 1 aromatic heterocycles. The van der Waals surface area contributed by atoms with E-state index in [0.29, 0.717) is 18.8 Å². The Bertz CT molecular complexity index is 843. The van der Waals surface area contributed by atoms with E-state index in [1.54, 1.807) is 0 Å². The van der Waals surface area contributed by atoms with Crippen LogP contribution in [0.15, 0.2) is 42.0 Å². The highest BCUT2D eigenvalue weighted by Crippen LogP contribution is 2.33. The van der Waals surface area contributed by atoms with Gasteiger partial charge in [-0.1, -0.05) is 42.8 Å². The highest BCUT2D eigenvalue weighted by atomic mass is 16.5. The Kier molecular flexibility index (Phi) is 4.87. The van der Waals surface area contributed by atoms with Crippen LogP contribution in [0.3, 0.4) is 0 Å². The quantitative estimate of drug-likeness (QED) is 0.837. The molecule has 1 fully saturated rings. The highest BCUT2D eigenvalue weighted by Gasteiger charge is 2.37. The molecule has 0 saturated carbocycles. The normalized spacial score (nSPS) is 19.2. The van der Waals surface area contributed by atoms with Crippen LogP contribution in [0.5, 0.6) is 0 Å². The number of H-pyrrole nitrogens is 1. The van der Waals surface area contributed by atoms with Crippen LogP contribution in [-0.4, -0.2) is 46.3 Å². The number of carbonyl (C=O) groups is 1. The number of likely N-dealkylation sites (tertiary alicyclic amines) is 1. The van der Waals surface area contributed by atoms with E-state index in [1.807, 2.05) is 11.0 Å². The number of benzene rings is 1. The zero-order valence-corrected chi connectivity index (χ0v) is 16.1. The van der Waals surface area contributed by atoms with E-state index in [4.69, 9.17) is 4.74 Å². The lowest BCUT2D eigenvalue weighted by atomic mass is 9.87. The Labute approximate surface area is 160 Å². The van der Waals surface area contributed by atoms with Crippen molar-refractivity contribution in [3.63, 3.8) is 0 Å². The third-order valence-electron chi connectivity index (χ3n) is 5.76. The second-order valence-corrected chi connectivity index (χ2v) is 7.66. The Balaban J connectivity index is 1.43. The highest BCUT2D eigenvalue weighted by molar-refractivity contribution is 5.93. The fourth-order valence-corrected chi connectivity index (χ4v) is 4.02. The number of ether oxygens (including phenoxy) is 1. The maximum Gasteiger partial charge on any atom is 0.271 e. The number of hydrogen-bond donors (Lipinski definition) is 1. The molecule has 1 aromatic carbocycles. The van der Waals surface area contributed by atoms with Crippen LogP contribution in [0.2, 0.25) is 0 Å². The lowest BCUT2D eigenvalue weighted by Crippen LogP contribution is -2.48. The van der Waals surface area contributed by atoms with Crippen LogP contribution >= 0.6 is 0 Å². The summed E-state index contributed by atoms with van der Waals surface area (Å²) in [4.78, 5) is 14.8. The molecule has 142 valence electrons. The van der Waals surface area contributed by atoms with Crippen molar-refractivity contribution in [1.29, 1.82) is 0 Å². The lowest BCUT2D eigenvalue weighted by Gasteiger charge is -2.42. The first-order chi connectivity index (χ1) is 13.1. The van der Waals surface area contributed by atoms with Gasteiger partial charge in [0, 0.05) is 18.7 Å². The summed E-state index contributed by atoms with van der Waals surface area (Å²) in [5.74, 6) is 0.0188. The molecule has 0 atom stereocenters. The number of amides is 1. The first-order valence-electron chi connectivity index (χ1n) is 9.85. The minimum absolute atomic E-state index is 0.0188. The number of aromatic nitrogens is 2. The summed E-state index contributed by atoms with van der Waals surface area (Å²) < 4.78 is 6.06. The molecule has 2 aliphatic heterocycles. The van der Waals surface area contributed by atoms with E-state index in [-0.39, 0.29) is 11.5 Å². The fourth-order valence-electron chi connectivity index (χ4n) is 4.02. The van der Waals surface area contributed by atoms with Crippen LogP contribution in [0.4, 0.5) is 0 Å².